The minimum absolute atomic E-state index is 0.729. The number of hydrogen-bond donors (Lipinski definition) is 1. The Bertz CT molecular complexity index is 146. The van der Waals surface area contributed by atoms with Crippen LogP contribution >= 0.6 is 0 Å². The summed E-state index contributed by atoms with van der Waals surface area (Å²) in [6.45, 7) is 13.1. The Hall–Kier alpha value is -0.500. The first-order valence-electron chi connectivity index (χ1n) is 4.83. The van der Waals surface area contributed by atoms with Gasteiger partial charge in [0.15, 0.2) is 0 Å². The van der Waals surface area contributed by atoms with Crippen molar-refractivity contribution in [1.82, 2.24) is 10.2 Å². The molecule has 1 aliphatic heterocycles. The van der Waals surface area contributed by atoms with Crippen molar-refractivity contribution in [2.75, 3.05) is 26.2 Å². The van der Waals surface area contributed by atoms with Gasteiger partial charge in [-0.3, -0.25) is 0 Å². The topological polar surface area (TPSA) is 15.3 Å². The third-order valence-corrected chi connectivity index (χ3v) is 2.21. The molecular weight excluding hydrogens is 148 g/mol. The van der Waals surface area contributed by atoms with Gasteiger partial charge in [0.1, 0.15) is 0 Å². The molecule has 1 N–H and O–H groups in total. The Balaban J connectivity index is 2.30. The summed E-state index contributed by atoms with van der Waals surface area (Å²) in [5, 5.41) is 3.34. The standard InChI is InChI=1S/C10H20N2/c1-9(2)8-10(3)12-6-4-11-5-7-12/h9,11H,3-8H2,1-2H3. The molecule has 1 saturated heterocycles. The minimum Gasteiger partial charge on any atom is -0.373 e. The predicted octanol–water partition coefficient (Wildman–Crippen LogP) is 1.45. The van der Waals surface area contributed by atoms with Crippen molar-refractivity contribution in [3.05, 3.63) is 12.3 Å². The van der Waals surface area contributed by atoms with Crippen LogP contribution in [0.5, 0.6) is 0 Å². The fourth-order valence-corrected chi connectivity index (χ4v) is 1.58. The summed E-state index contributed by atoms with van der Waals surface area (Å²) < 4.78 is 0. The average molecular weight is 168 g/mol. The van der Waals surface area contributed by atoms with E-state index in [4.69, 9.17) is 0 Å². The third kappa shape index (κ3) is 2.86. The molecule has 0 aromatic heterocycles. The van der Waals surface area contributed by atoms with Gasteiger partial charge < -0.3 is 10.2 Å². The van der Waals surface area contributed by atoms with Crippen LogP contribution in [0.1, 0.15) is 20.3 Å². The van der Waals surface area contributed by atoms with Gasteiger partial charge in [-0.05, 0) is 12.3 Å². The molecule has 12 heavy (non-hydrogen) atoms. The van der Waals surface area contributed by atoms with Gasteiger partial charge in [0.05, 0.1) is 0 Å². The van der Waals surface area contributed by atoms with Crippen molar-refractivity contribution in [1.29, 1.82) is 0 Å². The summed E-state index contributed by atoms with van der Waals surface area (Å²) in [6, 6.07) is 0. The molecule has 0 bridgehead atoms. The van der Waals surface area contributed by atoms with Crippen molar-refractivity contribution >= 4 is 0 Å². The van der Waals surface area contributed by atoms with E-state index in [1.165, 1.54) is 5.70 Å². The summed E-state index contributed by atoms with van der Waals surface area (Å²) in [4.78, 5) is 2.40. The molecule has 1 fully saturated rings. The molecule has 70 valence electrons. The van der Waals surface area contributed by atoms with Crippen LogP contribution in [0, 0.1) is 5.92 Å². The molecule has 1 aliphatic rings. The summed E-state index contributed by atoms with van der Waals surface area (Å²) in [5.74, 6) is 0.729. The second kappa shape index (κ2) is 4.51. The Labute approximate surface area is 75.6 Å². The zero-order valence-electron chi connectivity index (χ0n) is 8.27. The van der Waals surface area contributed by atoms with Crippen molar-refractivity contribution < 1.29 is 0 Å². The average Bonchev–Trinajstić information content (AvgIpc) is 2.05. The molecule has 0 radical (unpaired) electrons. The first kappa shape index (κ1) is 9.59. The molecule has 0 spiro atoms. The molecule has 0 aliphatic carbocycles. The van der Waals surface area contributed by atoms with Crippen LogP contribution in [0.25, 0.3) is 0 Å². The Morgan fingerprint density at radius 1 is 1.42 bits per heavy atom. The minimum atomic E-state index is 0.729. The van der Waals surface area contributed by atoms with Crippen LogP contribution < -0.4 is 5.32 Å². The molecule has 0 saturated carbocycles. The van der Waals surface area contributed by atoms with E-state index in [0.717, 1.165) is 38.5 Å². The Kier molecular flexibility index (Phi) is 3.60. The van der Waals surface area contributed by atoms with Crippen LogP contribution in [0.3, 0.4) is 0 Å². The molecule has 1 heterocycles. The highest BCUT2D eigenvalue weighted by Crippen LogP contribution is 2.13. The normalized spacial score (nSPS) is 18.4. The van der Waals surface area contributed by atoms with Crippen molar-refractivity contribution in [3.63, 3.8) is 0 Å². The quantitative estimate of drug-likeness (QED) is 0.686. The Morgan fingerprint density at radius 3 is 2.50 bits per heavy atom. The molecule has 1 rings (SSSR count). The van der Waals surface area contributed by atoms with Crippen LogP contribution in [0.4, 0.5) is 0 Å². The first-order chi connectivity index (χ1) is 5.70. The summed E-state index contributed by atoms with van der Waals surface area (Å²) in [6.07, 6.45) is 1.14. The van der Waals surface area contributed by atoms with Crippen LogP contribution in [-0.4, -0.2) is 31.1 Å². The third-order valence-electron chi connectivity index (χ3n) is 2.21. The smallest absolute Gasteiger partial charge is 0.0300 e. The van der Waals surface area contributed by atoms with Crippen molar-refractivity contribution in [3.8, 4) is 0 Å². The van der Waals surface area contributed by atoms with Gasteiger partial charge in [-0.2, -0.15) is 0 Å². The zero-order chi connectivity index (χ0) is 8.97. The van der Waals surface area contributed by atoms with Gasteiger partial charge in [0.25, 0.3) is 0 Å². The van der Waals surface area contributed by atoms with Crippen molar-refractivity contribution in [2.24, 2.45) is 5.92 Å². The van der Waals surface area contributed by atoms with Gasteiger partial charge in [-0.25, -0.2) is 0 Å². The summed E-state index contributed by atoms with van der Waals surface area (Å²) in [7, 11) is 0. The molecule has 0 unspecified atom stereocenters. The number of hydrogen-bond acceptors (Lipinski definition) is 2. The van der Waals surface area contributed by atoms with E-state index in [1.54, 1.807) is 0 Å². The first-order valence-corrected chi connectivity index (χ1v) is 4.83. The van der Waals surface area contributed by atoms with E-state index >= 15 is 0 Å². The number of nitrogens with zero attached hydrogens (tertiary/aromatic N) is 1. The van der Waals surface area contributed by atoms with E-state index in [9.17, 15) is 0 Å². The highest BCUT2D eigenvalue weighted by Gasteiger charge is 2.11. The lowest BCUT2D eigenvalue weighted by Gasteiger charge is -2.31. The lowest BCUT2D eigenvalue weighted by molar-refractivity contribution is 0.284. The van der Waals surface area contributed by atoms with E-state index in [0.29, 0.717) is 0 Å². The molecule has 0 amide bonds. The van der Waals surface area contributed by atoms with Crippen LogP contribution in [0.2, 0.25) is 0 Å². The highest BCUT2D eigenvalue weighted by molar-refractivity contribution is 4.96. The fraction of sp³-hybridized carbons (Fsp3) is 0.800. The highest BCUT2D eigenvalue weighted by atomic mass is 15.2. The molecule has 2 heteroatoms. The van der Waals surface area contributed by atoms with Gasteiger partial charge in [-0.15, -0.1) is 0 Å². The maximum absolute atomic E-state index is 4.12. The number of rotatable bonds is 3. The van der Waals surface area contributed by atoms with Crippen LogP contribution in [-0.2, 0) is 0 Å². The number of piperazine rings is 1. The van der Waals surface area contributed by atoms with Crippen LogP contribution in [0.15, 0.2) is 12.3 Å². The fourth-order valence-electron chi connectivity index (χ4n) is 1.58. The molecule has 0 aromatic carbocycles. The van der Waals surface area contributed by atoms with Gasteiger partial charge >= 0.3 is 0 Å². The molecular formula is C10H20N2. The van der Waals surface area contributed by atoms with E-state index in [-0.39, 0.29) is 0 Å². The maximum atomic E-state index is 4.12. The van der Waals surface area contributed by atoms with Gasteiger partial charge in [-0.1, -0.05) is 20.4 Å². The van der Waals surface area contributed by atoms with E-state index in [2.05, 4.69) is 30.6 Å². The summed E-state index contributed by atoms with van der Waals surface area (Å²) in [5.41, 5.74) is 1.31. The number of nitrogens with one attached hydrogen (secondary N) is 1. The maximum Gasteiger partial charge on any atom is 0.0300 e. The van der Waals surface area contributed by atoms with Gasteiger partial charge in [0, 0.05) is 31.9 Å². The van der Waals surface area contributed by atoms with Gasteiger partial charge in [0.2, 0.25) is 0 Å². The van der Waals surface area contributed by atoms with E-state index in [1.807, 2.05) is 0 Å². The van der Waals surface area contributed by atoms with Crippen molar-refractivity contribution in [2.45, 2.75) is 20.3 Å². The zero-order valence-corrected chi connectivity index (χ0v) is 8.27. The lowest BCUT2D eigenvalue weighted by atomic mass is 10.1. The molecule has 0 atom stereocenters. The lowest BCUT2D eigenvalue weighted by Crippen LogP contribution is -2.42. The van der Waals surface area contributed by atoms with E-state index < -0.39 is 0 Å². The molecule has 2 nitrogen and oxygen atoms in total. The summed E-state index contributed by atoms with van der Waals surface area (Å²) >= 11 is 0. The monoisotopic (exact) mass is 168 g/mol. The molecule has 0 aromatic rings. The SMILES string of the molecule is C=C(CC(C)C)N1CCNCC1. The second-order valence-electron chi connectivity index (χ2n) is 3.90. The Morgan fingerprint density at radius 2 is 2.00 bits per heavy atom. The largest absolute Gasteiger partial charge is 0.373 e. The second-order valence-corrected chi connectivity index (χ2v) is 3.90. The number of allylic oxidation sites excluding steroid dienone is 1. The predicted molar refractivity (Wildman–Crippen MR) is 53.0 cm³/mol.